The van der Waals surface area contributed by atoms with E-state index in [9.17, 15) is 4.79 Å². The number of carbonyl (C=O) groups excluding carboxylic acids is 1. The minimum absolute atomic E-state index is 0.00736. The van der Waals surface area contributed by atoms with E-state index in [1.807, 2.05) is 6.08 Å². The Morgan fingerprint density at radius 1 is 1.33 bits per heavy atom. The van der Waals surface area contributed by atoms with Crippen LogP contribution >= 0.6 is 0 Å². The highest BCUT2D eigenvalue weighted by Crippen LogP contribution is 2.50. The van der Waals surface area contributed by atoms with Gasteiger partial charge in [-0.3, -0.25) is 4.79 Å². The SMILES string of the molecule is C=C1C(C)(C)CCCC1(C)/C=C/C(C)=O. The summed E-state index contributed by atoms with van der Waals surface area (Å²) >= 11 is 0. The van der Waals surface area contributed by atoms with Crippen molar-refractivity contribution < 1.29 is 4.79 Å². The van der Waals surface area contributed by atoms with E-state index in [0.29, 0.717) is 0 Å². The van der Waals surface area contributed by atoms with E-state index < -0.39 is 0 Å². The highest BCUT2D eigenvalue weighted by atomic mass is 16.1. The van der Waals surface area contributed by atoms with E-state index in [2.05, 4.69) is 27.4 Å². The Kier molecular flexibility index (Phi) is 3.22. The van der Waals surface area contributed by atoms with Crippen LogP contribution in [0.15, 0.2) is 24.3 Å². The van der Waals surface area contributed by atoms with Gasteiger partial charge in [-0.2, -0.15) is 0 Å². The molecule has 84 valence electrons. The maximum absolute atomic E-state index is 11.0. The molecule has 1 nitrogen and oxygen atoms in total. The molecule has 0 radical (unpaired) electrons. The predicted molar refractivity (Wildman–Crippen MR) is 64.7 cm³/mol. The molecule has 0 amide bonds. The highest BCUT2D eigenvalue weighted by molar-refractivity contribution is 5.87. The number of hydrogen-bond donors (Lipinski definition) is 0. The topological polar surface area (TPSA) is 17.1 Å². The van der Waals surface area contributed by atoms with Crippen molar-refractivity contribution in [1.29, 1.82) is 0 Å². The van der Waals surface area contributed by atoms with Crippen LogP contribution in [-0.2, 0) is 4.79 Å². The molecule has 0 saturated heterocycles. The van der Waals surface area contributed by atoms with Gasteiger partial charge in [0, 0.05) is 5.41 Å². The molecule has 0 bridgehead atoms. The summed E-state index contributed by atoms with van der Waals surface area (Å²) in [6, 6.07) is 0. The monoisotopic (exact) mass is 206 g/mol. The van der Waals surface area contributed by atoms with Gasteiger partial charge < -0.3 is 0 Å². The smallest absolute Gasteiger partial charge is 0.152 e. The van der Waals surface area contributed by atoms with Crippen LogP contribution < -0.4 is 0 Å². The fourth-order valence-corrected chi connectivity index (χ4v) is 2.46. The minimum atomic E-state index is 0.00736. The van der Waals surface area contributed by atoms with Crippen LogP contribution in [0.1, 0.15) is 47.0 Å². The third-order valence-corrected chi connectivity index (χ3v) is 3.69. The summed E-state index contributed by atoms with van der Waals surface area (Å²) in [6.07, 6.45) is 7.25. The van der Waals surface area contributed by atoms with Crippen LogP contribution in [0.2, 0.25) is 0 Å². The Hall–Kier alpha value is -0.850. The summed E-state index contributed by atoms with van der Waals surface area (Å²) in [5, 5.41) is 0. The minimum Gasteiger partial charge on any atom is -0.295 e. The quantitative estimate of drug-likeness (QED) is 0.494. The lowest BCUT2D eigenvalue weighted by Crippen LogP contribution is -2.32. The lowest BCUT2D eigenvalue weighted by Gasteiger charge is -2.44. The molecule has 0 aromatic carbocycles. The Labute approximate surface area is 93.3 Å². The molecule has 0 aliphatic heterocycles. The van der Waals surface area contributed by atoms with Gasteiger partial charge in [-0.1, -0.05) is 45.4 Å². The molecular formula is C14H22O. The van der Waals surface area contributed by atoms with E-state index in [1.54, 1.807) is 13.0 Å². The highest BCUT2D eigenvalue weighted by Gasteiger charge is 2.38. The zero-order valence-corrected chi connectivity index (χ0v) is 10.4. The summed E-state index contributed by atoms with van der Waals surface area (Å²) in [5.41, 5.74) is 1.47. The largest absolute Gasteiger partial charge is 0.295 e. The van der Waals surface area contributed by atoms with Crippen LogP contribution in [0.25, 0.3) is 0 Å². The first kappa shape index (κ1) is 12.2. The first-order valence-corrected chi connectivity index (χ1v) is 5.68. The van der Waals surface area contributed by atoms with Crippen molar-refractivity contribution in [3.05, 3.63) is 24.3 Å². The zero-order chi connectivity index (χ0) is 11.7. The first-order valence-electron chi connectivity index (χ1n) is 5.68. The number of rotatable bonds is 2. The van der Waals surface area contributed by atoms with Crippen molar-refractivity contribution in [2.75, 3.05) is 0 Å². The number of carbonyl (C=O) groups is 1. The Morgan fingerprint density at radius 3 is 2.47 bits per heavy atom. The first-order chi connectivity index (χ1) is 6.78. The fraction of sp³-hybridized carbons (Fsp3) is 0.643. The number of hydrogen-bond acceptors (Lipinski definition) is 1. The molecule has 1 aliphatic rings. The van der Waals surface area contributed by atoms with Gasteiger partial charge in [0.1, 0.15) is 0 Å². The maximum atomic E-state index is 11.0. The summed E-state index contributed by atoms with van der Waals surface area (Å²) in [4.78, 5) is 11.0. The Balaban J connectivity index is 2.93. The second-order valence-corrected chi connectivity index (χ2v) is 5.58. The van der Waals surface area contributed by atoms with Crippen LogP contribution in [0.5, 0.6) is 0 Å². The average molecular weight is 206 g/mol. The van der Waals surface area contributed by atoms with E-state index in [-0.39, 0.29) is 16.6 Å². The van der Waals surface area contributed by atoms with Crippen molar-refractivity contribution in [1.82, 2.24) is 0 Å². The third kappa shape index (κ3) is 2.58. The summed E-state index contributed by atoms with van der Waals surface area (Å²) < 4.78 is 0. The molecule has 15 heavy (non-hydrogen) atoms. The normalized spacial score (nSPS) is 30.8. The average Bonchev–Trinajstić information content (AvgIpc) is 2.11. The Bertz CT molecular complexity index is 309. The lowest BCUT2D eigenvalue weighted by atomic mass is 9.61. The molecule has 0 heterocycles. The second kappa shape index (κ2) is 3.96. The molecular weight excluding hydrogens is 184 g/mol. The lowest BCUT2D eigenvalue weighted by molar-refractivity contribution is -0.112. The van der Waals surface area contributed by atoms with E-state index in [0.717, 1.165) is 6.42 Å². The molecule has 1 aliphatic carbocycles. The van der Waals surface area contributed by atoms with Gasteiger partial charge in [-0.15, -0.1) is 0 Å². The maximum Gasteiger partial charge on any atom is 0.152 e. The number of ketones is 1. The van der Waals surface area contributed by atoms with E-state index >= 15 is 0 Å². The summed E-state index contributed by atoms with van der Waals surface area (Å²) in [5.74, 6) is 0.118. The van der Waals surface area contributed by atoms with E-state index in [1.165, 1.54) is 18.4 Å². The molecule has 1 unspecified atom stereocenters. The van der Waals surface area contributed by atoms with Crippen LogP contribution in [0, 0.1) is 10.8 Å². The molecule has 1 atom stereocenters. The predicted octanol–water partition coefficient (Wildman–Crippen LogP) is 3.90. The molecule has 0 aromatic heterocycles. The number of allylic oxidation sites excluding steroid dienone is 3. The third-order valence-electron chi connectivity index (χ3n) is 3.69. The van der Waals surface area contributed by atoms with Crippen LogP contribution in [-0.4, -0.2) is 5.78 Å². The van der Waals surface area contributed by atoms with Crippen LogP contribution in [0.3, 0.4) is 0 Å². The molecule has 1 rings (SSSR count). The van der Waals surface area contributed by atoms with E-state index in [4.69, 9.17) is 0 Å². The van der Waals surface area contributed by atoms with Crippen molar-refractivity contribution in [2.45, 2.75) is 47.0 Å². The van der Waals surface area contributed by atoms with Crippen molar-refractivity contribution in [3.8, 4) is 0 Å². The fourth-order valence-electron chi connectivity index (χ4n) is 2.46. The second-order valence-electron chi connectivity index (χ2n) is 5.58. The van der Waals surface area contributed by atoms with Crippen LogP contribution in [0.4, 0.5) is 0 Å². The van der Waals surface area contributed by atoms with Crippen molar-refractivity contribution in [2.24, 2.45) is 10.8 Å². The van der Waals surface area contributed by atoms with Gasteiger partial charge in [-0.25, -0.2) is 0 Å². The molecule has 0 aromatic rings. The molecule has 1 heteroatoms. The molecule has 1 saturated carbocycles. The van der Waals surface area contributed by atoms with Gasteiger partial charge >= 0.3 is 0 Å². The summed E-state index contributed by atoms with van der Waals surface area (Å²) in [6.45, 7) is 12.5. The standard InChI is InChI=1S/C14H22O/c1-11(15)7-10-14(5)9-6-8-13(3,4)12(14)2/h7,10H,2,6,8-9H2,1,3-5H3/b10-7+. The Morgan fingerprint density at radius 2 is 1.93 bits per heavy atom. The molecule has 1 fully saturated rings. The molecule has 0 spiro atoms. The van der Waals surface area contributed by atoms with Gasteiger partial charge in [0.05, 0.1) is 0 Å². The molecule has 0 N–H and O–H groups in total. The summed E-state index contributed by atoms with van der Waals surface area (Å²) in [7, 11) is 0. The van der Waals surface area contributed by atoms with Gasteiger partial charge in [0.15, 0.2) is 5.78 Å². The van der Waals surface area contributed by atoms with Crippen molar-refractivity contribution in [3.63, 3.8) is 0 Å². The van der Waals surface area contributed by atoms with Gasteiger partial charge in [0.25, 0.3) is 0 Å². The van der Waals surface area contributed by atoms with Gasteiger partial charge in [-0.05, 0) is 31.3 Å². The van der Waals surface area contributed by atoms with Crippen molar-refractivity contribution >= 4 is 5.78 Å². The van der Waals surface area contributed by atoms with Gasteiger partial charge in [0.2, 0.25) is 0 Å². The zero-order valence-electron chi connectivity index (χ0n) is 10.4.